The van der Waals surface area contributed by atoms with E-state index >= 15 is 0 Å². The van der Waals surface area contributed by atoms with Gasteiger partial charge < -0.3 is 0 Å². The molecule has 0 radical (unpaired) electrons. The number of pyridine rings is 2. The van der Waals surface area contributed by atoms with Crippen molar-refractivity contribution in [3.8, 4) is 44.5 Å². The minimum absolute atomic E-state index is 0.110. The molecule has 0 saturated heterocycles. The molecule has 4 aliphatic carbocycles. The maximum Gasteiger partial charge on any atom is 0.137 e. The minimum atomic E-state index is -0.212. The first-order valence-corrected chi connectivity index (χ1v) is 29.6. The van der Waals surface area contributed by atoms with E-state index in [1.54, 1.807) is 0 Å². The lowest BCUT2D eigenvalue weighted by Gasteiger charge is -2.29. The number of rotatable bonds is 10. The summed E-state index contributed by atoms with van der Waals surface area (Å²) in [4.78, 5) is 14.5. The van der Waals surface area contributed by atoms with Gasteiger partial charge in [0.1, 0.15) is 11.6 Å². The molecule has 2 aromatic heterocycles. The molecule has 0 N–H and O–H groups in total. The fraction of sp³-hybridized carbons (Fsp3) is 0.150. The van der Waals surface area contributed by atoms with Crippen LogP contribution in [-0.2, 0) is 21.7 Å². The lowest BCUT2D eigenvalue weighted by molar-refractivity contribution is 0.659. The Labute approximate surface area is 494 Å². The summed E-state index contributed by atoms with van der Waals surface area (Å²) >= 11 is 0. The van der Waals surface area contributed by atoms with E-state index in [2.05, 4.69) is 296 Å². The summed E-state index contributed by atoms with van der Waals surface area (Å²) in [5.74, 6) is 1.79. The van der Waals surface area contributed by atoms with Gasteiger partial charge in [0, 0.05) is 56.8 Å². The highest BCUT2D eigenvalue weighted by molar-refractivity contribution is 5.91. The third-order valence-corrected chi connectivity index (χ3v) is 19.2. The summed E-state index contributed by atoms with van der Waals surface area (Å²) in [5.41, 5.74) is 29.7. The van der Waals surface area contributed by atoms with Crippen LogP contribution in [-0.4, -0.2) is 9.97 Å². The van der Waals surface area contributed by atoms with E-state index in [1.165, 1.54) is 100 Å². The summed E-state index contributed by atoms with van der Waals surface area (Å²) in [6.07, 6.45) is 12.8. The van der Waals surface area contributed by atoms with E-state index in [4.69, 9.17) is 9.97 Å². The molecular formula is C80H66N4. The number of benzene rings is 9. The Morgan fingerprint density at radius 3 is 0.845 bits per heavy atom. The molecule has 0 amide bonds. The van der Waals surface area contributed by atoms with Crippen LogP contribution in [0.4, 0.5) is 34.4 Å². The van der Waals surface area contributed by atoms with Gasteiger partial charge in [-0.05, 0) is 184 Å². The fourth-order valence-corrected chi connectivity index (χ4v) is 14.5. The molecule has 84 heavy (non-hydrogen) atoms. The highest BCUT2D eigenvalue weighted by atomic mass is 15.2. The zero-order valence-electron chi connectivity index (χ0n) is 49.0. The molecule has 15 rings (SSSR count). The first kappa shape index (κ1) is 51.3. The summed E-state index contributed by atoms with van der Waals surface area (Å²) in [6.45, 7) is 18.9. The molecule has 0 atom stereocenters. The average Bonchev–Trinajstić information content (AvgIpc) is 2.53. The Kier molecular flexibility index (Phi) is 11.6. The molecular weight excluding hydrogens is 1020 g/mol. The molecule has 0 aliphatic heterocycles. The normalized spacial score (nSPS) is 15.4. The van der Waals surface area contributed by atoms with Gasteiger partial charge in [0.15, 0.2) is 0 Å². The van der Waals surface area contributed by atoms with Crippen molar-refractivity contribution in [2.75, 3.05) is 9.80 Å². The van der Waals surface area contributed by atoms with Gasteiger partial charge in [-0.2, -0.15) is 0 Å². The molecule has 2 heterocycles. The predicted octanol–water partition coefficient (Wildman–Crippen LogP) is 21.0. The van der Waals surface area contributed by atoms with Crippen LogP contribution in [0, 0.1) is 0 Å². The number of anilines is 6. The highest BCUT2D eigenvalue weighted by Gasteiger charge is 2.40. The largest absolute Gasteiger partial charge is 0.295 e. The van der Waals surface area contributed by atoms with Crippen molar-refractivity contribution >= 4 is 58.7 Å². The molecule has 0 spiro atoms. The van der Waals surface area contributed by atoms with Crippen LogP contribution >= 0.6 is 0 Å². The lowest BCUT2D eigenvalue weighted by atomic mass is 9.81. The van der Waals surface area contributed by atoms with Crippen molar-refractivity contribution in [1.82, 2.24) is 9.97 Å². The van der Waals surface area contributed by atoms with Crippen LogP contribution in [0.1, 0.15) is 122 Å². The number of fused-ring (bicyclic) bond motifs is 12. The van der Waals surface area contributed by atoms with Crippen LogP contribution in [0.25, 0.3) is 68.8 Å². The molecule has 9 aromatic carbocycles. The average molecular weight is 1080 g/mol. The van der Waals surface area contributed by atoms with Gasteiger partial charge in [-0.15, -0.1) is 0 Å². The smallest absolute Gasteiger partial charge is 0.137 e. The zero-order chi connectivity index (χ0) is 57.3. The van der Waals surface area contributed by atoms with Gasteiger partial charge in [-0.1, -0.05) is 225 Å². The topological polar surface area (TPSA) is 32.3 Å². The predicted molar refractivity (Wildman–Crippen MR) is 352 cm³/mol. The molecule has 406 valence electrons. The van der Waals surface area contributed by atoms with Crippen LogP contribution < -0.4 is 9.80 Å². The van der Waals surface area contributed by atoms with E-state index in [1.807, 2.05) is 24.5 Å². The Balaban J connectivity index is 0.655. The van der Waals surface area contributed by atoms with Crippen LogP contribution in [0.3, 0.4) is 0 Å². The molecule has 11 aromatic rings. The van der Waals surface area contributed by atoms with Gasteiger partial charge in [-0.3, -0.25) is 9.80 Å². The molecule has 4 heteroatoms. The number of hydrogen-bond acceptors (Lipinski definition) is 4. The monoisotopic (exact) mass is 1080 g/mol. The Hall–Kier alpha value is -9.64. The molecule has 4 nitrogen and oxygen atoms in total. The maximum absolute atomic E-state index is 4.92. The van der Waals surface area contributed by atoms with Crippen molar-refractivity contribution in [3.05, 3.63) is 298 Å². The van der Waals surface area contributed by atoms with E-state index in [0.717, 1.165) is 45.5 Å². The Morgan fingerprint density at radius 2 is 0.512 bits per heavy atom. The molecule has 0 unspecified atom stereocenters. The minimum Gasteiger partial charge on any atom is -0.295 e. The maximum atomic E-state index is 4.92. The van der Waals surface area contributed by atoms with Crippen molar-refractivity contribution in [1.29, 1.82) is 0 Å². The summed E-state index contributed by atoms with van der Waals surface area (Å²) < 4.78 is 0. The van der Waals surface area contributed by atoms with E-state index in [9.17, 15) is 0 Å². The molecule has 4 aliphatic rings. The van der Waals surface area contributed by atoms with Crippen molar-refractivity contribution < 1.29 is 0 Å². The Morgan fingerprint density at radius 1 is 0.250 bits per heavy atom. The van der Waals surface area contributed by atoms with Crippen LogP contribution in [0.15, 0.2) is 231 Å². The molecule has 0 bridgehead atoms. The second-order valence-electron chi connectivity index (χ2n) is 25.5. The second-order valence-corrected chi connectivity index (χ2v) is 25.5. The Bertz CT molecular complexity index is 4250. The number of hydrogen-bond donors (Lipinski definition) is 0. The quantitative estimate of drug-likeness (QED) is 0.128. The van der Waals surface area contributed by atoms with Crippen molar-refractivity contribution in [2.24, 2.45) is 0 Å². The molecule has 0 saturated carbocycles. The fourth-order valence-electron chi connectivity index (χ4n) is 14.5. The first-order valence-electron chi connectivity index (χ1n) is 29.6. The summed E-state index contributed by atoms with van der Waals surface area (Å²) in [5, 5.41) is 0. The van der Waals surface area contributed by atoms with Crippen LogP contribution in [0.2, 0.25) is 0 Å². The van der Waals surface area contributed by atoms with Gasteiger partial charge in [0.05, 0.1) is 0 Å². The van der Waals surface area contributed by atoms with E-state index in [-0.39, 0.29) is 21.7 Å². The SMILES string of the molecule is CC1(C)c2ccccc2-c2ccc(N(c3ccc4c(c3)C(C)(C)c3cc(/C=C/c5ccc(/C=C/c6ccc7c(c6)C(C)(C)c6cc(N(c8ccc9c(c8)C(C)(C)c8ccccc8-9)c8ccccn8)ccc6-7)cc5)ccc3-4)c3ccccn3)cc21. The third-order valence-electron chi connectivity index (χ3n) is 19.2. The van der Waals surface area contributed by atoms with Gasteiger partial charge in [0.2, 0.25) is 0 Å². The summed E-state index contributed by atoms with van der Waals surface area (Å²) in [7, 11) is 0. The zero-order valence-corrected chi connectivity index (χ0v) is 49.0. The van der Waals surface area contributed by atoms with E-state index < -0.39 is 0 Å². The van der Waals surface area contributed by atoms with Crippen LogP contribution in [0.5, 0.6) is 0 Å². The lowest BCUT2D eigenvalue weighted by Crippen LogP contribution is -2.18. The number of nitrogens with zero attached hydrogens (tertiary/aromatic N) is 4. The molecule has 0 fully saturated rings. The third kappa shape index (κ3) is 8.02. The van der Waals surface area contributed by atoms with Crippen molar-refractivity contribution in [2.45, 2.75) is 77.0 Å². The van der Waals surface area contributed by atoms with Gasteiger partial charge >= 0.3 is 0 Å². The number of aromatic nitrogens is 2. The second kappa shape index (κ2) is 19.0. The highest BCUT2D eigenvalue weighted by Crippen LogP contribution is 2.56. The van der Waals surface area contributed by atoms with E-state index in [0.29, 0.717) is 0 Å². The van der Waals surface area contributed by atoms with Gasteiger partial charge in [0.25, 0.3) is 0 Å². The first-order chi connectivity index (χ1) is 40.6. The van der Waals surface area contributed by atoms with Gasteiger partial charge in [-0.25, -0.2) is 9.97 Å². The standard InChI is InChI=1S/C80H66N4/c1-77(2)67-19-11-9-17-59(67)63-39-33-55(47-71(63)77)83(75-21-13-15-43-81-75)57-35-41-65-61-37-31-53(45-69(61)79(5,6)73(65)49-57)29-27-51-23-25-52(26-24-51)28-30-54-32-38-62-66-42-36-58(50-74(66)80(7,8)70(62)46-54)84(76-22-14-16-44-82-76)56-34-40-64-60-18-10-12-20-68(60)78(3,4)72(64)48-56/h9-50H,1-8H3/b29-27+,30-28+. The summed E-state index contributed by atoms with van der Waals surface area (Å²) in [6, 6.07) is 80.7. The van der Waals surface area contributed by atoms with Crippen molar-refractivity contribution in [3.63, 3.8) is 0 Å².